The van der Waals surface area contributed by atoms with Crippen LogP contribution in [0.15, 0.2) is 29.8 Å². The Labute approximate surface area is 203 Å². The van der Waals surface area contributed by atoms with Crippen molar-refractivity contribution < 1.29 is 28.8 Å². The Hall–Kier alpha value is -2.25. The Bertz CT molecular complexity index is 949. The van der Waals surface area contributed by atoms with Crippen molar-refractivity contribution in [2.24, 2.45) is 5.92 Å². The van der Waals surface area contributed by atoms with Gasteiger partial charge in [-0.15, -0.1) is 0 Å². The highest BCUT2D eigenvalue weighted by Crippen LogP contribution is 2.55. The molecule has 0 bridgehead atoms. The number of rotatable bonds is 3. The lowest BCUT2D eigenvalue weighted by atomic mass is 9.69. The van der Waals surface area contributed by atoms with Gasteiger partial charge >= 0.3 is 6.09 Å². The van der Waals surface area contributed by atoms with Gasteiger partial charge in [-0.2, -0.15) is 0 Å². The second-order valence-corrected chi connectivity index (χ2v) is 11.4. The molecule has 0 aromatic heterocycles. The number of benzene rings is 1. The molecule has 0 saturated carbocycles. The number of ether oxygens (including phenoxy) is 4. The molecule has 1 spiro atoms. The van der Waals surface area contributed by atoms with E-state index in [2.05, 4.69) is 26.8 Å². The Morgan fingerprint density at radius 1 is 1.32 bits per heavy atom. The molecule has 34 heavy (non-hydrogen) atoms. The highest BCUT2D eigenvalue weighted by atomic mass is 16.6. The summed E-state index contributed by atoms with van der Waals surface area (Å²) in [5.74, 6) is 0.650. The Balaban J connectivity index is 1.61. The van der Waals surface area contributed by atoms with E-state index in [0.717, 1.165) is 18.4 Å². The van der Waals surface area contributed by atoms with Gasteiger partial charge in [-0.05, 0) is 66.9 Å². The number of hydrogen-bond acceptors (Lipinski definition) is 6. The number of phenolic OH excluding ortho intramolecular Hbond substituents is 1. The molecule has 7 nitrogen and oxygen atoms in total. The molecule has 7 heteroatoms. The zero-order valence-corrected chi connectivity index (χ0v) is 21.3. The van der Waals surface area contributed by atoms with Gasteiger partial charge in [-0.1, -0.05) is 23.8 Å². The summed E-state index contributed by atoms with van der Waals surface area (Å²) in [5, 5.41) is 10.5. The normalized spacial score (nSPS) is 30.7. The predicted molar refractivity (Wildman–Crippen MR) is 129 cm³/mol. The summed E-state index contributed by atoms with van der Waals surface area (Å²) in [5.41, 5.74) is 0.404. The van der Waals surface area contributed by atoms with Crippen LogP contribution >= 0.6 is 0 Å². The number of nitrogens with zero attached hydrogens (tertiary/aromatic N) is 1. The van der Waals surface area contributed by atoms with E-state index in [0.29, 0.717) is 38.5 Å². The van der Waals surface area contributed by atoms with Crippen LogP contribution in [0, 0.1) is 5.92 Å². The van der Waals surface area contributed by atoms with Crippen molar-refractivity contribution in [1.82, 2.24) is 4.90 Å². The van der Waals surface area contributed by atoms with E-state index >= 15 is 0 Å². The van der Waals surface area contributed by atoms with Crippen molar-refractivity contribution in [2.45, 2.75) is 83.7 Å². The summed E-state index contributed by atoms with van der Waals surface area (Å²) < 4.78 is 25.0. The average Bonchev–Trinajstić information content (AvgIpc) is 2.74. The smallest absolute Gasteiger partial charge is 0.410 e. The molecular weight excluding hydrogens is 434 g/mol. The Kier molecular flexibility index (Phi) is 6.64. The fourth-order valence-electron chi connectivity index (χ4n) is 5.38. The van der Waals surface area contributed by atoms with E-state index in [1.54, 1.807) is 11.0 Å². The summed E-state index contributed by atoms with van der Waals surface area (Å²) in [6.45, 7) is 13.6. The molecule has 1 amide bonds. The number of carbonyl (C=O) groups excluding carboxylic acids is 1. The summed E-state index contributed by atoms with van der Waals surface area (Å²) in [6.07, 6.45) is 4.02. The highest BCUT2D eigenvalue weighted by molar-refractivity contribution is 5.68. The lowest BCUT2D eigenvalue weighted by Gasteiger charge is -2.55. The van der Waals surface area contributed by atoms with Crippen molar-refractivity contribution >= 4 is 6.09 Å². The SMILES string of the molecule is CC(C)=CCC[C@@]1(C)Oc2c(O)cccc2[C@H]2OC[C@@]3(C[C@@H]21)CN(C(=O)OC(C)(C)C)CCO3. The molecule has 188 valence electrons. The minimum atomic E-state index is -0.619. The molecule has 1 aromatic rings. The molecule has 1 aromatic carbocycles. The lowest BCUT2D eigenvalue weighted by molar-refractivity contribution is -0.231. The average molecular weight is 474 g/mol. The molecule has 0 unspecified atom stereocenters. The minimum Gasteiger partial charge on any atom is -0.504 e. The van der Waals surface area contributed by atoms with Crippen LogP contribution in [-0.2, 0) is 14.2 Å². The predicted octanol–water partition coefficient (Wildman–Crippen LogP) is 5.37. The van der Waals surface area contributed by atoms with Gasteiger partial charge in [0.15, 0.2) is 11.5 Å². The van der Waals surface area contributed by atoms with Gasteiger partial charge in [0.1, 0.15) is 16.8 Å². The maximum absolute atomic E-state index is 12.8. The van der Waals surface area contributed by atoms with Crippen molar-refractivity contribution in [1.29, 1.82) is 0 Å². The molecule has 0 radical (unpaired) electrons. The molecule has 4 atom stereocenters. The van der Waals surface area contributed by atoms with Crippen molar-refractivity contribution in [3.05, 3.63) is 35.4 Å². The zero-order valence-electron chi connectivity index (χ0n) is 21.3. The van der Waals surface area contributed by atoms with E-state index < -0.39 is 16.8 Å². The van der Waals surface area contributed by atoms with Crippen LogP contribution in [0.4, 0.5) is 4.79 Å². The van der Waals surface area contributed by atoms with Gasteiger partial charge in [-0.25, -0.2) is 4.79 Å². The van der Waals surface area contributed by atoms with E-state index in [1.807, 2.05) is 32.9 Å². The van der Waals surface area contributed by atoms with Gasteiger partial charge < -0.3 is 29.0 Å². The first kappa shape index (κ1) is 24.9. The number of carbonyl (C=O) groups is 1. The zero-order chi connectivity index (χ0) is 24.7. The van der Waals surface area contributed by atoms with Gasteiger partial charge in [0.2, 0.25) is 0 Å². The molecule has 3 aliphatic rings. The molecular formula is C27H39NO6. The fourth-order valence-corrected chi connectivity index (χ4v) is 5.38. The maximum atomic E-state index is 12.8. The number of phenols is 1. The number of morpholine rings is 1. The first-order valence-electron chi connectivity index (χ1n) is 12.3. The standard InChI is InChI=1S/C27H39NO6/c1-18(2)9-8-12-26(6)20-15-27(16-28(13-14-32-27)24(30)34-25(3,4)5)17-31-22(20)19-10-7-11-21(29)23(19)33-26/h7,9-11,20,22,29H,8,12-17H2,1-6H3/t20-,22+,26+,27+/m0/s1. The third-order valence-corrected chi connectivity index (χ3v) is 7.03. The van der Waals surface area contributed by atoms with Gasteiger partial charge in [-0.3, -0.25) is 0 Å². The lowest BCUT2D eigenvalue weighted by Crippen LogP contribution is -2.63. The van der Waals surface area contributed by atoms with Crippen molar-refractivity contribution in [2.75, 3.05) is 26.3 Å². The summed E-state index contributed by atoms with van der Waals surface area (Å²) in [4.78, 5) is 14.5. The minimum absolute atomic E-state index is 0.000279. The molecule has 4 rings (SSSR count). The van der Waals surface area contributed by atoms with Crippen molar-refractivity contribution in [3.8, 4) is 11.5 Å². The Morgan fingerprint density at radius 3 is 2.79 bits per heavy atom. The topological polar surface area (TPSA) is 77.5 Å². The molecule has 1 N–H and O–H groups in total. The van der Waals surface area contributed by atoms with E-state index in [1.165, 1.54) is 5.57 Å². The number of hydrogen-bond donors (Lipinski definition) is 1. The van der Waals surface area contributed by atoms with Crippen LogP contribution in [0.3, 0.4) is 0 Å². The fraction of sp³-hybridized carbons (Fsp3) is 0.667. The van der Waals surface area contributed by atoms with E-state index in [4.69, 9.17) is 18.9 Å². The first-order valence-corrected chi connectivity index (χ1v) is 12.3. The molecule has 3 heterocycles. The van der Waals surface area contributed by atoms with Gasteiger partial charge in [0, 0.05) is 18.0 Å². The second-order valence-electron chi connectivity index (χ2n) is 11.4. The summed E-state index contributed by atoms with van der Waals surface area (Å²) >= 11 is 0. The highest BCUT2D eigenvalue weighted by Gasteiger charge is 2.56. The van der Waals surface area contributed by atoms with Gasteiger partial charge in [0.25, 0.3) is 0 Å². The molecule has 3 aliphatic heterocycles. The van der Waals surface area contributed by atoms with E-state index in [-0.39, 0.29) is 23.9 Å². The number of para-hydroxylation sites is 1. The number of amides is 1. The number of aromatic hydroxyl groups is 1. The van der Waals surface area contributed by atoms with Crippen LogP contribution in [0.1, 0.15) is 72.5 Å². The van der Waals surface area contributed by atoms with Crippen molar-refractivity contribution in [3.63, 3.8) is 0 Å². The molecule has 2 fully saturated rings. The third-order valence-electron chi connectivity index (χ3n) is 7.03. The number of fused-ring (bicyclic) bond motifs is 3. The van der Waals surface area contributed by atoms with Crippen LogP contribution in [0.2, 0.25) is 0 Å². The maximum Gasteiger partial charge on any atom is 0.410 e. The van der Waals surface area contributed by atoms with Gasteiger partial charge in [0.05, 0.1) is 25.9 Å². The quantitative estimate of drug-likeness (QED) is 0.595. The first-order chi connectivity index (χ1) is 15.9. The second kappa shape index (κ2) is 9.08. The van der Waals surface area contributed by atoms with Crippen LogP contribution in [0.25, 0.3) is 0 Å². The molecule has 0 aliphatic carbocycles. The largest absolute Gasteiger partial charge is 0.504 e. The van der Waals surface area contributed by atoms with Crippen LogP contribution < -0.4 is 4.74 Å². The third kappa shape index (κ3) is 5.05. The Morgan fingerprint density at radius 2 is 2.09 bits per heavy atom. The molecule has 2 saturated heterocycles. The summed E-state index contributed by atoms with van der Waals surface area (Å²) in [7, 11) is 0. The van der Waals surface area contributed by atoms with Crippen LogP contribution in [-0.4, -0.2) is 59.2 Å². The summed E-state index contributed by atoms with van der Waals surface area (Å²) in [6, 6.07) is 5.45. The monoisotopic (exact) mass is 473 g/mol. The van der Waals surface area contributed by atoms with Crippen LogP contribution in [0.5, 0.6) is 11.5 Å². The number of allylic oxidation sites excluding steroid dienone is 2. The van der Waals surface area contributed by atoms with E-state index in [9.17, 15) is 9.90 Å².